The van der Waals surface area contributed by atoms with E-state index in [4.69, 9.17) is 9.47 Å². The molecule has 2 saturated heterocycles. The van der Waals surface area contributed by atoms with Crippen LogP contribution in [-0.2, 0) is 9.47 Å². The number of thiol groups is 1. The second-order valence-electron chi connectivity index (χ2n) is 5.72. The van der Waals surface area contributed by atoms with Crippen molar-refractivity contribution in [2.24, 2.45) is 5.41 Å². The second kappa shape index (κ2) is 5.91. The molecule has 0 saturated carbocycles. The van der Waals surface area contributed by atoms with Crippen molar-refractivity contribution in [3.8, 4) is 0 Å². The number of hydrogen-bond donors (Lipinski definition) is 1. The lowest BCUT2D eigenvalue weighted by molar-refractivity contribution is -0.0846. The first-order valence-corrected chi connectivity index (χ1v) is 7.33. The van der Waals surface area contributed by atoms with Crippen molar-refractivity contribution < 1.29 is 9.47 Å². The molecule has 4 heteroatoms. The third-order valence-electron chi connectivity index (χ3n) is 3.94. The van der Waals surface area contributed by atoms with Gasteiger partial charge in [-0.3, -0.25) is 4.90 Å². The van der Waals surface area contributed by atoms with Crippen LogP contribution in [-0.4, -0.2) is 55.7 Å². The Morgan fingerprint density at radius 2 is 1.76 bits per heavy atom. The van der Waals surface area contributed by atoms with Gasteiger partial charge >= 0.3 is 0 Å². The molecule has 0 amide bonds. The van der Waals surface area contributed by atoms with E-state index in [0.717, 1.165) is 51.4 Å². The van der Waals surface area contributed by atoms with Crippen LogP contribution in [0.25, 0.3) is 0 Å². The lowest BCUT2D eigenvalue weighted by Crippen LogP contribution is -2.51. The van der Waals surface area contributed by atoms with Gasteiger partial charge in [0.1, 0.15) is 0 Å². The second-order valence-corrected chi connectivity index (χ2v) is 6.04. The van der Waals surface area contributed by atoms with Crippen molar-refractivity contribution in [1.29, 1.82) is 0 Å². The number of rotatable bonds is 3. The van der Waals surface area contributed by atoms with Crippen LogP contribution in [0, 0.1) is 5.41 Å². The van der Waals surface area contributed by atoms with Crippen molar-refractivity contribution in [3.63, 3.8) is 0 Å². The summed E-state index contributed by atoms with van der Waals surface area (Å²) in [5.74, 6) is 0.969. The molecule has 2 atom stereocenters. The normalized spacial score (nSPS) is 34.8. The van der Waals surface area contributed by atoms with E-state index in [1.807, 2.05) is 0 Å². The van der Waals surface area contributed by atoms with Gasteiger partial charge in [0, 0.05) is 32.8 Å². The number of morpholine rings is 1. The molecule has 2 aliphatic rings. The number of ether oxygens (including phenoxy) is 2. The van der Waals surface area contributed by atoms with Gasteiger partial charge in [-0.15, -0.1) is 0 Å². The summed E-state index contributed by atoms with van der Waals surface area (Å²) in [5.41, 5.74) is 0.359. The fourth-order valence-corrected chi connectivity index (χ4v) is 3.47. The van der Waals surface area contributed by atoms with Gasteiger partial charge < -0.3 is 9.47 Å². The predicted octanol–water partition coefficient (Wildman–Crippen LogP) is 1.82. The maximum atomic E-state index is 5.79. The summed E-state index contributed by atoms with van der Waals surface area (Å²) in [5, 5.41) is 0. The average Bonchev–Trinajstić information content (AvgIpc) is 2.29. The molecular formula is C13H25NO2S. The van der Waals surface area contributed by atoms with Crippen LogP contribution in [0.3, 0.4) is 0 Å². The lowest BCUT2D eigenvalue weighted by atomic mass is 9.81. The smallest absolute Gasteiger partial charge is 0.0678 e. The highest BCUT2D eigenvalue weighted by Gasteiger charge is 2.35. The number of hydrogen-bond acceptors (Lipinski definition) is 4. The molecule has 0 bridgehead atoms. The fourth-order valence-electron chi connectivity index (χ4n) is 3.06. The summed E-state index contributed by atoms with van der Waals surface area (Å²) in [7, 11) is 0. The van der Waals surface area contributed by atoms with Crippen LogP contribution in [0.4, 0.5) is 0 Å². The Morgan fingerprint density at radius 1 is 1.18 bits per heavy atom. The van der Waals surface area contributed by atoms with E-state index in [0.29, 0.717) is 17.6 Å². The van der Waals surface area contributed by atoms with Crippen molar-refractivity contribution >= 4 is 12.6 Å². The first-order chi connectivity index (χ1) is 8.13. The number of nitrogens with zero attached hydrogens (tertiary/aromatic N) is 1. The van der Waals surface area contributed by atoms with E-state index >= 15 is 0 Å². The van der Waals surface area contributed by atoms with Crippen molar-refractivity contribution in [1.82, 2.24) is 4.90 Å². The van der Waals surface area contributed by atoms with Gasteiger partial charge in [0.15, 0.2) is 0 Å². The van der Waals surface area contributed by atoms with Gasteiger partial charge in [-0.05, 0) is 37.9 Å². The van der Waals surface area contributed by atoms with Crippen LogP contribution in [0.2, 0.25) is 0 Å². The van der Waals surface area contributed by atoms with Gasteiger partial charge in [0.25, 0.3) is 0 Å². The Hall–Kier alpha value is 0.230. The van der Waals surface area contributed by atoms with Crippen LogP contribution >= 0.6 is 12.6 Å². The van der Waals surface area contributed by atoms with Crippen molar-refractivity contribution in [3.05, 3.63) is 0 Å². The molecule has 0 aromatic carbocycles. The van der Waals surface area contributed by atoms with Crippen LogP contribution in [0.5, 0.6) is 0 Å². The standard InChI is InChI=1S/C13H25NO2S/c1-11-7-14(8-12(2)16-11)9-13(10-17)3-5-15-6-4-13/h11-12,17H,3-10H2,1-2H3. The fraction of sp³-hybridized carbons (Fsp3) is 1.00. The van der Waals surface area contributed by atoms with E-state index in [-0.39, 0.29) is 0 Å². The molecule has 100 valence electrons. The van der Waals surface area contributed by atoms with Crippen molar-refractivity contribution in [2.45, 2.75) is 38.9 Å². The molecule has 0 aromatic rings. The van der Waals surface area contributed by atoms with Gasteiger partial charge in [0.2, 0.25) is 0 Å². The maximum Gasteiger partial charge on any atom is 0.0678 e. The minimum Gasteiger partial charge on any atom is -0.381 e. The molecule has 0 aliphatic carbocycles. The summed E-state index contributed by atoms with van der Waals surface area (Å²) in [6.45, 7) is 9.39. The quantitative estimate of drug-likeness (QED) is 0.782. The minimum atomic E-state index is 0.357. The Labute approximate surface area is 110 Å². The Morgan fingerprint density at radius 3 is 2.29 bits per heavy atom. The summed E-state index contributed by atoms with van der Waals surface area (Å²) in [6.07, 6.45) is 3.01. The Bertz CT molecular complexity index is 234. The van der Waals surface area contributed by atoms with E-state index in [9.17, 15) is 0 Å². The Balaban J connectivity index is 1.93. The molecule has 17 heavy (non-hydrogen) atoms. The zero-order chi connectivity index (χ0) is 12.3. The molecular weight excluding hydrogens is 234 g/mol. The molecule has 0 aromatic heterocycles. The van der Waals surface area contributed by atoms with Gasteiger partial charge in [-0.2, -0.15) is 12.6 Å². The zero-order valence-corrected chi connectivity index (χ0v) is 11.9. The highest BCUT2D eigenvalue weighted by Crippen LogP contribution is 2.33. The topological polar surface area (TPSA) is 21.7 Å². The van der Waals surface area contributed by atoms with E-state index in [2.05, 4.69) is 31.4 Å². The van der Waals surface area contributed by atoms with Crippen LogP contribution in [0.15, 0.2) is 0 Å². The van der Waals surface area contributed by atoms with Gasteiger partial charge in [0.05, 0.1) is 12.2 Å². The predicted molar refractivity (Wildman–Crippen MR) is 72.8 cm³/mol. The SMILES string of the molecule is CC1CN(CC2(CS)CCOCC2)CC(C)O1. The molecule has 0 radical (unpaired) electrons. The molecule has 3 nitrogen and oxygen atoms in total. The first-order valence-electron chi connectivity index (χ1n) is 6.70. The lowest BCUT2D eigenvalue weighted by Gasteiger charge is -2.43. The molecule has 0 spiro atoms. The average molecular weight is 259 g/mol. The molecule has 2 fully saturated rings. The monoisotopic (exact) mass is 259 g/mol. The molecule has 2 rings (SSSR count). The molecule has 2 aliphatic heterocycles. The third-order valence-corrected chi connectivity index (χ3v) is 4.61. The Kier molecular flexibility index (Phi) is 4.75. The van der Waals surface area contributed by atoms with Gasteiger partial charge in [-0.25, -0.2) is 0 Å². The summed E-state index contributed by atoms with van der Waals surface area (Å²) in [6, 6.07) is 0. The maximum absolute atomic E-state index is 5.79. The summed E-state index contributed by atoms with van der Waals surface area (Å²) >= 11 is 4.58. The zero-order valence-electron chi connectivity index (χ0n) is 11.0. The largest absolute Gasteiger partial charge is 0.381 e. The highest BCUT2D eigenvalue weighted by molar-refractivity contribution is 7.80. The first kappa shape index (κ1) is 13.7. The molecule has 0 N–H and O–H groups in total. The summed E-state index contributed by atoms with van der Waals surface area (Å²) in [4.78, 5) is 2.56. The van der Waals surface area contributed by atoms with E-state index < -0.39 is 0 Å². The minimum absolute atomic E-state index is 0.357. The molecule has 2 heterocycles. The van der Waals surface area contributed by atoms with Crippen LogP contribution in [0.1, 0.15) is 26.7 Å². The van der Waals surface area contributed by atoms with E-state index in [1.165, 1.54) is 0 Å². The third kappa shape index (κ3) is 3.60. The molecule has 2 unspecified atom stereocenters. The van der Waals surface area contributed by atoms with Crippen molar-refractivity contribution in [2.75, 3.05) is 38.6 Å². The van der Waals surface area contributed by atoms with Crippen LogP contribution < -0.4 is 0 Å². The summed E-state index contributed by atoms with van der Waals surface area (Å²) < 4.78 is 11.3. The highest BCUT2D eigenvalue weighted by atomic mass is 32.1. The van der Waals surface area contributed by atoms with Gasteiger partial charge in [-0.1, -0.05) is 0 Å². The van der Waals surface area contributed by atoms with E-state index in [1.54, 1.807) is 0 Å².